The van der Waals surface area contributed by atoms with Crippen LogP contribution in [0.2, 0.25) is 0 Å². The van der Waals surface area contributed by atoms with Crippen LogP contribution in [0.4, 0.5) is 0 Å². The van der Waals surface area contributed by atoms with Gasteiger partial charge in [0.1, 0.15) is 6.04 Å². The number of hydrogen-bond acceptors (Lipinski definition) is 4. The molecular weight excluding hydrogens is 183 g/mol. The van der Waals surface area contributed by atoms with Crippen molar-refractivity contribution in [2.45, 2.75) is 18.9 Å². The molecule has 12 heavy (non-hydrogen) atoms. The monoisotopic (exact) mass is 194 g/mol. The molecule has 0 spiro atoms. The molecule has 2 atom stereocenters. The molecule has 0 saturated carbocycles. The van der Waals surface area contributed by atoms with Crippen molar-refractivity contribution in [3.8, 4) is 0 Å². The topological polar surface area (TPSA) is 102 Å². The van der Waals surface area contributed by atoms with Gasteiger partial charge in [-0.25, -0.2) is 14.9 Å². The zero-order chi connectivity index (χ0) is 9.19. The Morgan fingerprint density at radius 1 is 1.75 bits per heavy atom. The summed E-state index contributed by atoms with van der Waals surface area (Å²) >= 11 is 0. The van der Waals surface area contributed by atoms with E-state index in [0.717, 1.165) is 13.0 Å². The average Bonchev–Trinajstić information content (AvgIpc) is 2.32. The minimum atomic E-state index is -4.16. The lowest BCUT2D eigenvalue weighted by Crippen LogP contribution is -2.32. The molecular formula is C5H11N2O4P. The van der Waals surface area contributed by atoms with E-state index >= 15 is 0 Å². The number of carbonyl (C=O) groups is 1. The van der Waals surface area contributed by atoms with Crippen LogP contribution in [0.1, 0.15) is 12.8 Å². The molecule has 0 aliphatic carbocycles. The Bertz CT molecular complexity index is 219. The van der Waals surface area contributed by atoms with Crippen molar-refractivity contribution in [3.05, 3.63) is 0 Å². The SMILES string of the molecule is NP(=O)(O)OC(=O)[C@@H]1CCCN1. The minimum Gasteiger partial charge on any atom is -0.379 e. The highest BCUT2D eigenvalue weighted by atomic mass is 31.2. The zero-order valence-electron chi connectivity index (χ0n) is 6.40. The molecule has 1 unspecified atom stereocenters. The van der Waals surface area contributed by atoms with Gasteiger partial charge in [-0.1, -0.05) is 0 Å². The van der Waals surface area contributed by atoms with Gasteiger partial charge in [-0.3, -0.25) is 0 Å². The van der Waals surface area contributed by atoms with Crippen LogP contribution in [0.15, 0.2) is 0 Å². The molecule has 1 rings (SSSR count). The molecule has 4 N–H and O–H groups in total. The second-order valence-corrected chi connectivity index (χ2v) is 3.93. The maximum absolute atomic E-state index is 11.0. The highest BCUT2D eigenvalue weighted by Crippen LogP contribution is 2.32. The average molecular weight is 194 g/mol. The van der Waals surface area contributed by atoms with Gasteiger partial charge >= 0.3 is 13.7 Å². The van der Waals surface area contributed by atoms with Crippen LogP contribution in [0.3, 0.4) is 0 Å². The van der Waals surface area contributed by atoms with Crippen LogP contribution in [0.25, 0.3) is 0 Å². The van der Waals surface area contributed by atoms with E-state index in [1.165, 1.54) is 0 Å². The Kier molecular flexibility index (Phi) is 2.85. The summed E-state index contributed by atoms with van der Waals surface area (Å²) in [5.74, 6) is -0.749. The fraction of sp³-hybridized carbons (Fsp3) is 0.800. The number of hydrogen-bond donors (Lipinski definition) is 3. The van der Waals surface area contributed by atoms with Gasteiger partial charge in [0.15, 0.2) is 0 Å². The van der Waals surface area contributed by atoms with E-state index in [4.69, 9.17) is 4.89 Å². The van der Waals surface area contributed by atoms with Gasteiger partial charge in [0, 0.05) is 0 Å². The highest BCUT2D eigenvalue weighted by molar-refractivity contribution is 7.50. The Balaban J connectivity index is 2.43. The molecule has 1 aliphatic rings. The molecule has 70 valence electrons. The van der Waals surface area contributed by atoms with Crippen molar-refractivity contribution in [2.75, 3.05) is 6.54 Å². The first-order valence-electron chi connectivity index (χ1n) is 3.57. The molecule has 7 heteroatoms. The Morgan fingerprint density at radius 3 is 2.83 bits per heavy atom. The lowest BCUT2D eigenvalue weighted by molar-refractivity contribution is -0.136. The lowest BCUT2D eigenvalue weighted by atomic mass is 10.2. The predicted molar refractivity (Wildman–Crippen MR) is 41.1 cm³/mol. The quantitative estimate of drug-likeness (QED) is 0.504. The molecule has 0 aromatic heterocycles. The molecule has 0 aromatic rings. The van der Waals surface area contributed by atoms with Crippen molar-refractivity contribution in [2.24, 2.45) is 5.50 Å². The fourth-order valence-electron chi connectivity index (χ4n) is 1.08. The molecule has 0 radical (unpaired) electrons. The van der Waals surface area contributed by atoms with E-state index in [2.05, 4.69) is 15.3 Å². The molecule has 1 saturated heterocycles. The minimum absolute atomic E-state index is 0.478. The van der Waals surface area contributed by atoms with Crippen LogP contribution < -0.4 is 10.8 Å². The third-order valence-corrected chi connectivity index (χ3v) is 2.01. The van der Waals surface area contributed by atoms with E-state index in [0.29, 0.717) is 6.42 Å². The first-order chi connectivity index (χ1) is 5.49. The van der Waals surface area contributed by atoms with Gasteiger partial charge in [0.2, 0.25) is 0 Å². The number of nitrogens with one attached hydrogen (secondary N) is 1. The van der Waals surface area contributed by atoms with Crippen LogP contribution in [0, 0.1) is 0 Å². The zero-order valence-corrected chi connectivity index (χ0v) is 7.29. The smallest absolute Gasteiger partial charge is 0.379 e. The molecule has 0 aromatic carbocycles. The molecule has 1 heterocycles. The summed E-state index contributed by atoms with van der Waals surface area (Å²) in [6.45, 7) is 0.722. The standard InChI is InChI=1S/C5H11N2O4P/c6-12(9,10)11-5(8)4-2-1-3-7-4/h4,7H,1-3H2,(H3,6,9,10)/t4-/m0/s1. The lowest BCUT2D eigenvalue weighted by Gasteiger charge is -2.10. The van der Waals surface area contributed by atoms with Crippen LogP contribution in [0.5, 0.6) is 0 Å². The number of carbonyl (C=O) groups excluding carboxylic acids is 1. The molecule has 6 nitrogen and oxygen atoms in total. The summed E-state index contributed by atoms with van der Waals surface area (Å²) in [6.07, 6.45) is 1.49. The number of nitrogens with two attached hydrogens (primary N) is 1. The Labute approximate surface area is 69.7 Å². The van der Waals surface area contributed by atoms with Crippen LogP contribution >= 0.6 is 7.75 Å². The van der Waals surface area contributed by atoms with E-state index in [9.17, 15) is 9.36 Å². The van der Waals surface area contributed by atoms with E-state index in [1.807, 2.05) is 0 Å². The Hall–Kier alpha value is -0.420. The summed E-state index contributed by atoms with van der Waals surface area (Å²) in [4.78, 5) is 19.5. The maximum Gasteiger partial charge on any atom is 0.455 e. The molecule has 0 bridgehead atoms. The van der Waals surface area contributed by atoms with Gasteiger partial charge in [0.25, 0.3) is 0 Å². The second-order valence-electron chi connectivity index (χ2n) is 2.62. The largest absolute Gasteiger partial charge is 0.455 e. The summed E-state index contributed by atoms with van der Waals surface area (Å²) in [6, 6.07) is -0.478. The van der Waals surface area contributed by atoms with E-state index < -0.39 is 19.8 Å². The third kappa shape index (κ3) is 2.91. The highest BCUT2D eigenvalue weighted by Gasteiger charge is 2.28. The first-order valence-corrected chi connectivity index (χ1v) is 5.22. The number of rotatable bonds is 2. The normalized spacial score (nSPS) is 28.0. The fourth-order valence-corrected chi connectivity index (χ4v) is 1.46. The Morgan fingerprint density at radius 2 is 2.42 bits per heavy atom. The van der Waals surface area contributed by atoms with Gasteiger partial charge in [-0.15, -0.1) is 0 Å². The predicted octanol–water partition coefficient (Wildman–Crippen LogP) is -0.659. The first kappa shape index (κ1) is 9.67. The van der Waals surface area contributed by atoms with Crippen molar-refractivity contribution in [1.29, 1.82) is 0 Å². The van der Waals surface area contributed by atoms with Crippen LogP contribution in [-0.2, 0) is 13.9 Å². The van der Waals surface area contributed by atoms with Crippen molar-refractivity contribution >= 4 is 13.7 Å². The van der Waals surface area contributed by atoms with Crippen molar-refractivity contribution in [3.63, 3.8) is 0 Å². The van der Waals surface area contributed by atoms with Gasteiger partial charge in [-0.05, 0) is 19.4 Å². The van der Waals surface area contributed by atoms with Crippen molar-refractivity contribution in [1.82, 2.24) is 5.32 Å². The van der Waals surface area contributed by atoms with Gasteiger partial charge in [0.05, 0.1) is 0 Å². The van der Waals surface area contributed by atoms with Gasteiger partial charge in [-0.2, -0.15) is 0 Å². The third-order valence-electron chi connectivity index (χ3n) is 1.57. The van der Waals surface area contributed by atoms with Crippen LogP contribution in [-0.4, -0.2) is 23.4 Å². The molecule has 1 fully saturated rings. The maximum atomic E-state index is 11.0. The van der Waals surface area contributed by atoms with Crippen molar-refractivity contribution < 1.29 is 18.8 Å². The summed E-state index contributed by atoms with van der Waals surface area (Å²) < 4.78 is 14.6. The summed E-state index contributed by atoms with van der Waals surface area (Å²) in [7, 11) is -4.16. The van der Waals surface area contributed by atoms with E-state index in [-0.39, 0.29) is 0 Å². The molecule has 0 amide bonds. The van der Waals surface area contributed by atoms with Gasteiger partial charge < -0.3 is 14.7 Å². The molecule has 1 aliphatic heterocycles. The summed E-state index contributed by atoms with van der Waals surface area (Å²) in [5.41, 5.74) is 4.64. The second kappa shape index (κ2) is 3.53. The summed E-state index contributed by atoms with van der Waals surface area (Å²) in [5, 5.41) is 2.82. The van der Waals surface area contributed by atoms with E-state index in [1.54, 1.807) is 0 Å².